The van der Waals surface area contributed by atoms with E-state index in [-0.39, 0.29) is 18.2 Å². The Morgan fingerprint density at radius 2 is 2.28 bits per heavy atom. The van der Waals surface area contributed by atoms with E-state index in [1.54, 1.807) is 6.07 Å². The molecule has 1 heterocycles. The molecule has 7 heteroatoms. The fraction of sp³-hybridized carbons (Fsp3) is 0.364. The highest BCUT2D eigenvalue weighted by Crippen LogP contribution is 2.10. The van der Waals surface area contributed by atoms with Crippen LogP contribution in [-0.4, -0.2) is 48.8 Å². The standard InChI is InChI=1S/C11H15N3O4/c1-12-10(15)8-5-7(3-4-13-8)14-9(6-18-2)11(16)17/h3-5,9H,6H2,1-2H3,(H,12,15)(H,13,14)(H,16,17). The van der Waals surface area contributed by atoms with E-state index in [0.717, 1.165) is 0 Å². The van der Waals surface area contributed by atoms with E-state index in [0.29, 0.717) is 5.69 Å². The lowest BCUT2D eigenvalue weighted by Gasteiger charge is -2.14. The van der Waals surface area contributed by atoms with E-state index in [1.165, 1.54) is 26.4 Å². The van der Waals surface area contributed by atoms with Crippen LogP contribution in [0.1, 0.15) is 10.5 Å². The molecule has 0 radical (unpaired) electrons. The first-order chi connectivity index (χ1) is 8.58. The predicted octanol–water partition coefficient (Wildman–Crippen LogP) is -0.0473. The second-order valence-electron chi connectivity index (χ2n) is 3.50. The van der Waals surface area contributed by atoms with Gasteiger partial charge in [0.1, 0.15) is 11.7 Å². The van der Waals surface area contributed by atoms with Gasteiger partial charge < -0.3 is 20.5 Å². The van der Waals surface area contributed by atoms with Gasteiger partial charge in [0.05, 0.1) is 6.61 Å². The van der Waals surface area contributed by atoms with Crippen LogP contribution in [0.25, 0.3) is 0 Å². The number of anilines is 1. The quantitative estimate of drug-likeness (QED) is 0.657. The van der Waals surface area contributed by atoms with Gasteiger partial charge in [-0.2, -0.15) is 0 Å². The molecule has 1 atom stereocenters. The lowest BCUT2D eigenvalue weighted by atomic mass is 10.2. The number of pyridine rings is 1. The maximum atomic E-state index is 11.4. The molecule has 0 aromatic carbocycles. The van der Waals surface area contributed by atoms with E-state index in [2.05, 4.69) is 15.6 Å². The smallest absolute Gasteiger partial charge is 0.328 e. The highest BCUT2D eigenvalue weighted by Gasteiger charge is 2.17. The average molecular weight is 253 g/mol. The third-order valence-electron chi connectivity index (χ3n) is 2.19. The summed E-state index contributed by atoms with van der Waals surface area (Å²) in [5, 5.41) is 14.1. The van der Waals surface area contributed by atoms with Crippen molar-refractivity contribution in [1.29, 1.82) is 0 Å². The Bertz CT molecular complexity index is 436. The normalized spacial score (nSPS) is 11.7. The molecule has 98 valence electrons. The summed E-state index contributed by atoms with van der Waals surface area (Å²) in [6.07, 6.45) is 1.43. The molecule has 0 fully saturated rings. The molecule has 0 spiro atoms. The first-order valence-electron chi connectivity index (χ1n) is 5.25. The van der Waals surface area contributed by atoms with Crippen molar-refractivity contribution in [2.45, 2.75) is 6.04 Å². The van der Waals surface area contributed by atoms with E-state index >= 15 is 0 Å². The number of aromatic nitrogens is 1. The van der Waals surface area contributed by atoms with Crippen LogP contribution in [0.5, 0.6) is 0 Å². The van der Waals surface area contributed by atoms with Gasteiger partial charge in [0.15, 0.2) is 0 Å². The number of hydrogen-bond donors (Lipinski definition) is 3. The third-order valence-corrected chi connectivity index (χ3v) is 2.19. The minimum atomic E-state index is -1.03. The summed E-state index contributed by atoms with van der Waals surface area (Å²) in [4.78, 5) is 26.2. The molecule has 1 unspecified atom stereocenters. The van der Waals surface area contributed by atoms with Gasteiger partial charge in [-0.05, 0) is 12.1 Å². The first-order valence-corrected chi connectivity index (χ1v) is 5.25. The fourth-order valence-corrected chi connectivity index (χ4v) is 1.32. The molecular formula is C11H15N3O4. The van der Waals surface area contributed by atoms with E-state index in [4.69, 9.17) is 9.84 Å². The Morgan fingerprint density at radius 3 is 2.83 bits per heavy atom. The number of rotatable bonds is 6. The molecule has 18 heavy (non-hydrogen) atoms. The lowest BCUT2D eigenvalue weighted by Crippen LogP contribution is -2.33. The SMILES string of the molecule is CNC(=O)c1cc(NC(COC)C(=O)O)ccn1. The minimum absolute atomic E-state index is 0.0208. The number of nitrogens with zero attached hydrogens (tertiary/aromatic N) is 1. The van der Waals surface area contributed by atoms with E-state index in [9.17, 15) is 9.59 Å². The maximum absolute atomic E-state index is 11.4. The summed E-state index contributed by atoms with van der Waals surface area (Å²) in [7, 11) is 2.91. The summed E-state index contributed by atoms with van der Waals surface area (Å²) in [6.45, 7) is 0.0208. The number of carbonyl (C=O) groups excluding carboxylic acids is 1. The maximum Gasteiger partial charge on any atom is 0.328 e. The molecule has 0 aliphatic heterocycles. The summed E-state index contributed by atoms with van der Waals surface area (Å²) in [5.41, 5.74) is 0.706. The van der Waals surface area contributed by atoms with Crippen LogP contribution in [-0.2, 0) is 9.53 Å². The number of methoxy groups -OCH3 is 1. The number of aliphatic carboxylic acids is 1. The number of carboxylic acids is 1. The Labute approximate surface area is 104 Å². The molecule has 1 aromatic rings. The Balaban J connectivity index is 2.83. The van der Waals surface area contributed by atoms with E-state index in [1.807, 2.05) is 0 Å². The molecular weight excluding hydrogens is 238 g/mol. The van der Waals surface area contributed by atoms with Crippen molar-refractivity contribution < 1.29 is 19.4 Å². The monoisotopic (exact) mass is 253 g/mol. The predicted molar refractivity (Wildman–Crippen MR) is 64.5 cm³/mol. The van der Waals surface area contributed by atoms with Gasteiger partial charge in [-0.25, -0.2) is 4.79 Å². The summed E-state index contributed by atoms with van der Waals surface area (Å²) < 4.78 is 4.80. The zero-order chi connectivity index (χ0) is 13.5. The molecule has 1 amide bonds. The third kappa shape index (κ3) is 3.70. The van der Waals surface area contributed by atoms with Gasteiger partial charge in [0, 0.05) is 26.0 Å². The van der Waals surface area contributed by atoms with Crippen molar-refractivity contribution in [2.75, 3.05) is 26.1 Å². The topological polar surface area (TPSA) is 101 Å². The van der Waals surface area contributed by atoms with Crippen molar-refractivity contribution in [3.8, 4) is 0 Å². The van der Waals surface area contributed by atoms with Crippen molar-refractivity contribution >= 4 is 17.6 Å². The van der Waals surface area contributed by atoms with Crippen LogP contribution in [0.15, 0.2) is 18.3 Å². The van der Waals surface area contributed by atoms with Gasteiger partial charge in [-0.15, -0.1) is 0 Å². The molecule has 1 rings (SSSR count). The van der Waals surface area contributed by atoms with Crippen molar-refractivity contribution in [3.05, 3.63) is 24.0 Å². The number of carboxylic acid groups (broad SMARTS) is 1. The van der Waals surface area contributed by atoms with Crippen LogP contribution >= 0.6 is 0 Å². The average Bonchev–Trinajstić information content (AvgIpc) is 2.37. The fourth-order valence-electron chi connectivity index (χ4n) is 1.32. The number of nitrogens with one attached hydrogen (secondary N) is 2. The number of amides is 1. The molecule has 0 bridgehead atoms. The number of hydrogen-bond acceptors (Lipinski definition) is 5. The van der Waals surface area contributed by atoms with E-state index < -0.39 is 12.0 Å². The van der Waals surface area contributed by atoms with Crippen LogP contribution < -0.4 is 10.6 Å². The molecule has 1 aromatic heterocycles. The molecule has 0 saturated carbocycles. The Hall–Kier alpha value is -2.15. The largest absolute Gasteiger partial charge is 0.480 e. The van der Waals surface area contributed by atoms with Gasteiger partial charge in [0.2, 0.25) is 0 Å². The van der Waals surface area contributed by atoms with Gasteiger partial charge >= 0.3 is 5.97 Å². The lowest BCUT2D eigenvalue weighted by molar-refractivity contribution is -0.139. The van der Waals surface area contributed by atoms with Crippen molar-refractivity contribution in [1.82, 2.24) is 10.3 Å². The summed E-state index contributed by atoms with van der Waals surface area (Å²) >= 11 is 0. The first kappa shape index (κ1) is 13.9. The zero-order valence-electron chi connectivity index (χ0n) is 10.1. The highest BCUT2D eigenvalue weighted by molar-refractivity contribution is 5.93. The number of carbonyl (C=O) groups is 2. The van der Waals surface area contributed by atoms with Crippen LogP contribution in [0.3, 0.4) is 0 Å². The summed E-state index contributed by atoms with van der Waals surface area (Å²) in [5.74, 6) is -1.37. The van der Waals surface area contributed by atoms with Crippen LogP contribution in [0.2, 0.25) is 0 Å². The van der Waals surface area contributed by atoms with Crippen LogP contribution in [0, 0.1) is 0 Å². The second kappa shape index (κ2) is 6.55. The zero-order valence-corrected chi connectivity index (χ0v) is 10.1. The molecule has 0 aliphatic carbocycles. The second-order valence-corrected chi connectivity index (χ2v) is 3.50. The molecule has 0 saturated heterocycles. The van der Waals surface area contributed by atoms with Crippen molar-refractivity contribution in [2.24, 2.45) is 0 Å². The van der Waals surface area contributed by atoms with Crippen molar-refractivity contribution in [3.63, 3.8) is 0 Å². The molecule has 0 aliphatic rings. The highest BCUT2D eigenvalue weighted by atomic mass is 16.5. The molecule has 7 nitrogen and oxygen atoms in total. The summed E-state index contributed by atoms with van der Waals surface area (Å²) in [6, 6.07) is 2.18. The van der Waals surface area contributed by atoms with Gasteiger partial charge in [-0.1, -0.05) is 0 Å². The van der Waals surface area contributed by atoms with Gasteiger partial charge in [-0.3, -0.25) is 9.78 Å². The number of ether oxygens (including phenoxy) is 1. The minimum Gasteiger partial charge on any atom is -0.480 e. The molecule has 3 N–H and O–H groups in total. The Morgan fingerprint density at radius 1 is 1.56 bits per heavy atom. The Kier molecular flexibility index (Phi) is 5.06. The van der Waals surface area contributed by atoms with Crippen LogP contribution in [0.4, 0.5) is 5.69 Å². The van der Waals surface area contributed by atoms with Gasteiger partial charge in [0.25, 0.3) is 5.91 Å².